The number of anilines is 2. The van der Waals surface area contributed by atoms with Gasteiger partial charge < -0.3 is 19.7 Å². The summed E-state index contributed by atoms with van der Waals surface area (Å²) in [5.74, 6) is 1.97. The Morgan fingerprint density at radius 3 is 2.56 bits per heavy atom. The van der Waals surface area contributed by atoms with Gasteiger partial charge in [0.1, 0.15) is 11.5 Å². The number of benzene rings is 1. The maximum atomic E-state index is 12.5. The molecule has 1 saturated heterocycles. The fourth-order valence-corrected chi connectivity index (χ4v) is 3.06. The number of ether oxygens (including phenoxy) is 2. The lowest BCUT2D eigenvalue weighted by Crippen LogP contribution is -2.32. The third-order valence-corrected chi connectivity index (χ3v) is 4.41. The van der Waals surface area contributed by atoms with Crippen LogP contribution in [0, 0.1) is 0 Å². The standard InChI is InChI=1S/C18H20N4O3/c23-18(22-7-3-1-2-4-8-22)14-10-20-17(11-19-14)21-13-5-6-15-16(9-13)25-12-24-15/h5-6,9-11H,1-4,7-8,12H2,(H,20,21). The van der Waals surface area contributed by atoms with E-state index >= 15 is 0 Å². The van der Waals surface area contributed by atoms with Crippen molar-refractivity contribution in [3.05, 3.63) is 36.3 Å². The van der Waals surface area contributed by atoms with E-state index in [-0.39, 0.29) is 12.7 Å². The second kappa shape index (κ2) is 6.96. The Kier molecular flexibility index (Phi) is 4.37. The van der Waals surface area contributed by atoms with Crippen LogP contribution in [-0.4, -0.2) is 40.7 Å². The molecule has 25 heavy (non-hydrogen) atoms. The van der Waals surface area contributed by atoms with Gasteiger partial charge in [-0.1, -0.05) is 12.8 Å². The molecular weight excluding hydrogens is 320 g/mol. The maximum Gasteiger partial charge on any atom is 0.274 e. The Morgan fingerprint density at radius 2 is 1.80 bits per heavy atom. The number of likely N-dealkylation sites (tertiary alicyclic amines) is 1. The number of amides is 1. The molecule has 1 amide bonds. The molecular formula is C18H20N4O3. The predicted molar refractivity (Wildman–Crippen MR) is 92.3 cm³/mol. The topological polar surface area (TPSA) is 76.6 Å². The fourth-order valence-electron chi connectivity index (χ4n) is 3.06. The van der Waals surface area contributed by atoms with E-state index in [1.807, 2.05) is 23.1 Å². The normalized spacial score (nSPS) is 16.4. The SMILES string of the molecule is O=C(c1cnc(Nc2ccc3c(c2)OCO3)cn1)N1CCCCCC1. The van der Waals surface area contributed by atoms with Gasteiger partial charge in [0.25, 0.3) is 5.91 Å². The van der Waals surface area contributed by atoms with Crippen molar-refractivity contribution in [1.82, 2.24) is 14.9 Å². The Morgan fingerprint density at radius 1 is 1.00 bits per heavy atom. The van der Waals surface area contributed by atoms with Crippen LogP contribution < -0.4 is 14.8 Å². The Labute approximate surface area is 146 Å². The molecule has 3 heterocycles. The van der Waals surface area contributed by atoms with E-state index in [0.717, 1.165) is 37.4 Å². The lowest BCUT2D eigenvalue weighted by Gasteiger charge is -2.19. The van der Waals surface area contributed by atoms with E-state index in [0.29, 0.717) is 17.3 Å². The van der Waals surface area contributed by atoms with Crippen molar-refractivity contribution in [3.63, 3.8) is 0 Å². The Bertz CT molecular complexity index is 755. The summed E-state index contributed by atoms with van der Waals surface area (Å²) >= 11 is 0. The first-order chi connectivity index (χ1) is 12.3. The predicted octanol–water partition coefficient (Wildman–Crippen LogP) is 2.97. The summed E-state index contributed by atoms with van der Waals surface area (Å²) in [6.07, 6.45) is 7.60. The van der Waals surface area contributed by atoms with Crippen LogP contribution in [0.1, 0.15) is 36.2 Å². The molecule has 130 valence electrons. The van der Waals surface area contributed by atoms with Gasteiger partial charge in [0.15, 0.2) is 11.5 Å². The summed E-state index contributed by atoms with van der Waals surface area (Å²) in [4.78, 5) is 23.0. The van der Waals surface area contributed by atoms with Crippen molar-refractivity contribution in [1.29, 1.82) is 0 Å². The largest absolute Gasteiger partial charge is 0.454 e. The molecule has 1 aromatic heterocycles. The zero-order chi connectivity index (χ0) is 17.1. The zero-order valence-corrected chi connectivity index (χ0v) is 13.9. The molecule has 0 bridgehead atoms. The quantitative estimate of drug-likeness (QED) is 0.926. The lowest BCUT2D eigenvalue weighted by atomic mass is 10.2. The summed E-state index contributed by atoms with van der Waals surface area (Å²) in [6.45, 7) is 1.85. The first-order valence-corrected chi connectivity index (χ1v) is 8.57. The molecule has 0 saturated carbocycles. The van der Waals surface area contributed by atoms with Crippen LogP contribution in [-0.2, 0) is 0 Å². The molecule has 0 aliphatic carbocycles. The Balaban J connectivity index is 1.43. The number of rotatable bonds is 3. The van der Waals surface area contributed by atoms with Gasteiger partial charge in [-0.05, 0) is 25.0 Å². The van der Waals surface area contributed by atoms with Crippen LogP contribution in [0.3, 0.4) is 0 Å². The van der Waals surface area contributed by atoms with E-state index < -0.39 is 0 Å². The van der Waals surface area contributed by atoms with Gasteiger partial charge in [0.05, 0.1) is 12.4 Å². The van der Waals surface area contributed by atoms with Gasteiger partial charge >= 0.3 is 0 Å². The van der Waals surface area contributed by atoms with Gasteiger partial charge in [-0.25, -0.2) is 9.97 Å². The number of hydrogen-bond acceptors (Lipinski definition) is 6. The highest BCUT2D eigenvalue weighted by Crippen LogP contribution is 2.34. The maximum absolute atomic E-state index is 12.5. The van der Waals surface area contributed by atoms with Crippen LogP contribution in [0.25, 0.3) is 0 Å². The molecule has 2 aliphatic rings. The second-order valence-corrected chi connectivity index (χ2v) is 6.19. The molecule has 7 heteroatoms. The van der Waals surface area contributed by atoms with E-state index in [9.17, 15) is 4.79 Å². The van der Waals surface area contributed by atoms with Crippen LogP contribution in [0.5, 0.6) is 11.5 Å². The number of hydrogen-bond donors (Lipinski definition) is 1. The van der Waals surface area contributed by atoms with E-state index in [4.69, 9.17) is 9.47 Å². The highest BCUT2D eigenvalue weighted by atomic mass is 16.7. The number of nitrogens with one attached hydrogen (secondary N) is 1. The summed E-state index contributed by atoms with van der Waals surface area (Å²) in [5, 5.41) is 3.16. The molecule has 7 nitrogen and oxygen atoms in total. The molecule has 0 spiro atoms. The Hall–Kier alpha value is -2.83. The smallest absolute Gasteiger partial charge is 0.274 e. The second-order valence-electron chi connectivity index (χ2n) is 6.19. The summed E-state index contributed by atoms with van der Waals surface area (Å²) in [6, 6.07) is 5.57. The summed E-state index contributed by atoms with van der Waals surface area (Å²) in [7, 11) is 0. The van der Waals surface area contributed by atoms with Gasteiger partial charge in [-0.3, -0.25) is 4.79 Å². The first-order valence-electron chi connectivity index (χ1n) is 8.57. The molecule has 0 atom stereocenters. The minimum atomic E-state index is -0.0379. The molecule has 2 aliphatic heterocycles. The number of carbonyl (C=O) groups is 1. The monoisotopic (exact) mass is 340 g/mol. The number of carbonyl (C=O) groups excluding carboxylic acids is 1. The molecule has 2 aromatic rings. The first kappa shape index (κ1) is 15.7. The third-order valence-electron chi connectivity index (χ3n) is 4.41. The molecule has 0 unspecified atom stereocenters. The summed E-state index contributed by atoms with van der Waals surface area (Å²) in [5.41, 5.74) is 1.21. The van der Waals surface area contributed by atoms with Gasteiger partial charge in [-0.15, -0.1) is 0 Å². The average molecular weight is 340 g/mol. The third kappa shape index (κ3) is 3.50. The van der Waals surface area contributed by atoms with E-state index in [1.165, 1.54) is 19.0 Å². The van der Waals surface area contributed by atoms with E-state index in [1.54, 1.807) is 6.20 Å². The molecule has 1 fully saturated rings. The molecule has 4 rings (SSSR count). The minimum Gasteiger partial charge on any atom is -0.454 e. The van der Waals surface area contributed by atoms with Gasteiger partial charge in [-0.2, -0.15) is 0 Å². The van der Waals surface area contributed by atoms with Crippen molar-refractivity contribution in [2.24, 2.45) is 0 Å². The lowest BCUT2D eigenvalue weighted by molar-refractivity contribution is 0.0755. The van der Waals surface area contributed by atoms with Crippen molar-refractivity contribution in [2.45, 2.75) is 25.7 Å². The van der Waals surface area contributed by atoms with Crippen molar-refractivity contribution in [3.8, 4) is 11.5 Å². The van der Waals surface area contributed by atoms with Crippen molar-refractivity contribution in [2.75, 3.05) is 25.2 Å². The van der Waals surface area contributed by atoms with Crippen LogP contribution in [0.2, 0.25) is 0 Å². The van der Waals surface area contributed by atoms with E-state index in [2.05, 4.69) is 15.3 Å². The zero-order valence-electron chi connectivity index (χ0n) is 13.9. The van der Waals surface area contributed by atoms with Gasteiger partial charge in [0, 0.05) is 24.8 Å². The number of fused-ring (bicyclic) bond motifs is 1. The number of nitrogens with zero attached hydrogens (tertiary/aromatic N) is 3. The minimum absolute atomic E-state index is 0.0379. The highest BCUT2D eigenvalue weighted by Gasteiger charge is 2.19. The van der Waals surface area contributed by atoms with Crippen molar-refractivity contribution >= 4 is 17.4 Å². The molecule has 0 radical (unpaired) electrons. The van der Waals surface area contributed by atoms with Crippen LogP contribution in [0.15, 0.2) is 30.6 Å². The molecule has 1 N–H and O–H groups in total. The summed E-state index contributed by atoms with van der Waals surface area (Å²) < 4.78 is 10.6. The average Bonchev–Trinajstić information content (AvgIpc) is 2.94. The fraction of sp³-hybridized carbons (Fsp3) is 0.389. The van der Waals surface area contributed by atoms with Crippen molar-refractivity contribution < 1.29 is 14.3 Å². The molecule has 1 aromatic carbocycles. The highest BCUT2D eigenvalue weighted by molar-refractivity contribution is 5.92. The van der Waals surface area contributed by atoms with Crippen LogP contribution in [0.4, 0.5) is 11.5 Å². The van der Waals surface area contributed by atoms with Gasteiger partial charge in [0.2, 0.25) is 6.79 Å². The number of aromatic nitrogens is 2. The van der Waals surface area contributed by atoms with Crippen LogP contribution >= 0.6 is 0 Å².